The molecule has 0 fully saturated rings. The zero-order chi connectivity index (χ0) is 27.3. The van der Waals surface area contributed by atoms with E-state index < -0.39 is 0 Å². The van der Waals surface area contributed by atoms with Crippen LogP contribution in [0.15, 0.2) is 132 Å². The van der Waals surface area contributed by atoms with Crippen LogP contribution in [0, 0.1) is 12.1 Å². The Morgan fingerprint density at radius 3 is 2.22 bits per heavy atom. The van der Waals surface area contributed by atoms with Gasteiger partial charge in [-0.25, -0.2) is 0 Å². The maximum Gasteiger partial charge on any atom is 0.141 e. The molecule has 0 saturated heterocycles. The number of pyridine rings is 2. The summed E-state index contributed by atoms with van der Waals surface area (Å²) in [4.78, 5) is 9.04. The summed E-state index contributed by atoms with van der Waals surface area (Å²) in [6.07, 6.45) is 1.80. The van der Waals surface area contributed by atoms with Gasteiger partial charge in [0.25, 0.3) is 0 Å². The van der Waals surface area contributed by atoms with Crippen molar-refractivity contribution >= 4 is 21.9 Å². The van der Waals surface area contributed by atoms with E-state index in [4.69, 9.17) is 4.42 Å². The summed E-state index contributed by atoms with van der Waals surface area (Å²) < 4.78 is 6.16. The summed E-state index contributed by atoms with van der Waals surface area (Å²) >= 11 is 0. The monoisotopic (exact) mass is 709 g/mol. The molecule has 0 unspecified atom stereocenters. The van der Waals surface area contributed by atoms with E-state index in [1.54, 1.807) is 6.20 Å². The largest absolute Gasteiger partial charge is 0.455 e. The van der Waals surface area contributed by atoms with Crippen molar-refractivity contribution in [2.45, 2.75) is 19.8 Å². The van der Waals surface area contributed by atoms with E-state index >= 15 is 0 Å². The first-order valence-electron chi connectivity index (χ1n) is 13.5. The van der Waals surface area contributed by atoms with Gasteiger partial charge >= 0.3 is 0 Å². The standard InChI is InChI=1S/C23H14NO.C14H14N.Ir/c1-2-13-22-19(9-1)20-11-6-10-18(23(20)25-22)16-7-5-8-17(15-16)21-12-3-4-14-24-21;1-11(2)13-9-6-10-14(15-13)12-7-4-3-5-8-12;/h1-7,9-15H;3-7,9-11H,1-2H3;/q2*-1;. The van der Waals surface area contributed by atoms with E-state index in [2.05, 4.69) is 84.5 Å². The van der Waals surface area contributed by atoms with Crippen molar-refractivity contribution in [3.05, 3.63) is 145 Å². The van der Waals surface area contributed by atoms with Gasteiger partial charge in [0, 0.05) is 48.3 Å². The fourth-order valence-electron chi connectivity index (χ4n) is 4.75. The van der Waals surface area contributed by atoms with Crippen molar-refractivity contribution in [2.75, 3.05) is 0 Å². The number of hydrogen-bond acceptors (Lipinski definition) is 3. The van der Waals surface area contributed by atoms with Crippen molar-refractivity contribution in [1.29, 1.82) is 0 Å². The molecule has 4 aromatic carbocycles. The second kappa shape index (κ2) is 12.9. The average molecular weight is 709 g/mol. The van der Waals surface area contributed by atoms with Gasteiger partial charge in [-0.2, -0.15) is 0 Å². The van der Waals surface area contributed by atoms with Gasteiger partial charge in [0.05, 0.1) is 0 Å². The third kappa shape index (κ3) is 6.20. The summed E-state index contributed by atoms with van der Waals surface area (Å²) in [6.45, 7) is 4.31. The van der Waals surface area contributed by atoms with Crippen LogP contribution in [0.4, 0.5) is 0 Å². The van der Waals surface area contributed by atoms with Gasteiger partial charge in [-0.3, -0.25) is 0 Å². The molecule has 1 radical (unpaired) electrons. The van der Waals surface area contributed by atoms with Crippen LogP contribution in [-0.2, 0) is 20.1 Å². The van der Waals surface area contributed by atoms with E-state index in [1.165, 1.54) is 0 Å². The molecule has 0 N–H and O–H groups in total. The Hall–Kier alpha value is -4.37. The molecule has 3 nitrogen and oxygen atoms in total. The van der Waals surface area contributed by atoms with Gasteiger partial charge in [0.2, 0.25) is 0 Å². The van der Waals surface area contributed by atoms with Gasteiger partial charge in [-0.15, -0.1) is 65.7 Å². The number of nitrogens with zero attached hydrogens (tertiary/aromatic N) is 2. The van der Waals surface area contributed by atoms with Crippen LogP contribution in [0.25, 0.3) is 55.6 Å². The van der Waals surface area contributed by atoms with Crippen LogP contribution >= 0.6 is 0 Å². The molecule has 4 heteroatoms. The number of benzene rings is 4. The molecular formula is C37H28IrN2O-2. The molecule has 0 spiro atoms. The first kappa shape index (κ1) is 28.2. The van der Waals surface area contributed by atoms with Crippen LogP contribution in [0.2, 0.25) is 0 Å². The summed E-state index contributed by atoms with van der Waals surface area (Å²) in [5.41, 5.74) is 9.10. The van der Waals surface area contributed by atoms with Crippen LogP contribution in [-0.4, -0.2) is 9.97 Å². The Bertz CT molecular complexity index is 1880. The Kier molecular flexibility index (Phi) is 8.84. The van der Waals surface area contributed by atoms with E-state index in [9.17, 15) is 0 Å². The summed E-state index contributed by atoms with van der Waals surface area (Å²) in [7, 11) is 0. The van der Waals surface area contributed by atoms with Crippen LogP contribution in [0.3, 0.4) is 0 Å². The van der Waals surface area contributed by atoms with Gasteiger partial charge in [0.15, 0.2) is 0 Å². The van der Waals surface area contributed by atoms with Crippen molar-refractivity contribution in [2.24, 2.45) is 0 Å². The normalized spacial score (nSPS) is 10.7. The third-order valence-electron chi connectivity index (χ3n) is 6.80. The second-order valence-corrected chi connectivity index (χ2v) is 9.87. The molecule has 0 aliphatic carbocycles. The Labute approximate surface area is 254 Å². The zero-order valence-electron chi connectivity index (χ0n) is 22.8. The Balaban J connectivity index is 0.000000182. The maximum absolute atomic E-state index is 6.16. The van der Waals surface area contributed by atoms with Crippen LogP contribution in [0.5, 0.6) is 0 Å². The average Bonchev–Trinajstić information content (AvgIpc) is 3.41. The fourth-order valence-corrected chi connectivity index (χ4v) is 4.75. The number of furan rings is 1. The molecule has 3 aromatic heterocycles. The summed E-state index contributed by atoms with van der Waals surface area (Å²) in [5.74, 6) is 0.466. The minimum Gasteiger partial charge on any atom is -0.455 e. The molecule has 0 atom stereocenters. The first-order chi connectivity index (χ1) is 19.7. The van der Waals surface area contributed by atoms with E-state index in [0.717, 1.165) is 61.3 Å². The number of aromatic nitrogens is 2. The number of rotatable bonds is 4. The fraction of sp³-hybridized carbons (Fsp3) is 0.0811. The molecule has 203 valence electrons. The minimum atomic E-state index is 0. The second-order valence-electron chi connectivity index (χ2n) is 9.87. The van der Waals surface area contributed by atoms with E-state index in [0.29, 0.717) is 5.92 Å². The molecule has 0 aliphatic heterocycles. The third-order valence-corrected chi connectivity index (χ3v) is 6.80. The first-order valence-corrected chi connectivity index (χ1v) is 13.5. The van der Waals surface area contributed by atoms with E-state index in [-0.39, 0.29) is 20.1 Å². The molecule has 0 saturated carbocycles. The molecule has 0 aliphatic rings. The Morgan fingerprint density at radius 1 is 0.659 bits per heavy atom. The molecule has 7 rings (SSSR count). The van der Waals surface area contributed by atoms with Crippen LogP contribution < -0.4 is 0 Å². The molecule has 7 aromatic rings. The zero-order valence-corrected chi connectivity index (χ0v) is 25.2. The molecule has 3 heterocycles. The SMILES string of the molecule is CC(C)c1cccc(-c2[c-]cccc2)n1.[Ir].[c-]1ccc(-c2cccc3c2oc2ccccc23)cc1-c1ccccn1. The maximum atomic E-state index is 6.16. The summed E-state index contributed by atoms with van der Waals surface area (Å²) in [5, 5.41) is 2.28. The van der Waals surface area contributed by atoms with Crippen molar-refractivity contribution in [1.82, 2.24) is 9.97 Å². The predicted octanol–water partition coefficient (Wildman–Crippen LogP) is 9.78. The smallest absolute Gasteiger partial charge is 0.141 e. The molecule has 41 heavy (non-hydrogen) atoms. The molecule has 0 amide bonds. The molecular weight excluding hydrogens is 681 g/mol. The quantitative estimate of drug-likeness (QED) is 0.171. The van der Waals surface area contributed by atoms with Crippen molar-refractivity contribution in [3.8, 4) is 33.6 Å². The number of fused-ring (bicyclic) bond motifs is 3. The van der Waals surface area contributed by atoms with Crippen LogP contribution in [0.1, 0.15) is 25.5 Å². The molecule has 0 bridgehead atoms. The van der Waals surface area contributed by atoms with Crippen molar-refractivity contribution in [3.63, 3.8) is 0 Å². The minimum absolute atomic E-state index is 0. The van der Waals surface area contributed by atoms with Crippen molar-refractivity contribution < 1.29 is 24.5 Å². The van der Waals surface area contributed by atoms with E-state index in [1.807, 2.05) is 72.8 Å². The van der Waals surface area contributed by atoms with Gasteiger partial charge in [-0.1, -0.05) is 80.1 Å². The topological polar surface area (TPSA) is 38.9 Å². The number of para-hydroxylation sites is 2. The Morgan fingerprint density at radius 2 is 1.41 bits per heavy atom. The number of hydrogen-bond donors (Lipinski definition) is 0. The van der Waals surface area contributed by atoms with Gasteiger partial charge in [0.1, 0.15) is 11.2 Å². The van der Waals surface area contributed by atoms with Gasteiger partial charge < -0.3 is 14.4 Å². The van der Waals surface area contributed by atoms with Gasteiger partial charge in [-0.05, 0) is 35.5 Å². The predicted molar refractivity (Wildman–Crippen MR) is 164 cm³/mol. The summed E-state index contributed by atoms with van der Waals surface area (Å²) in [6, 6.07) is 47.0.